The van der Waals surface area contributed by atoms with Crippen molar-refractivity contribution in [1.82, 2.24) is 14.9 Å². The maximum Gasteiger partial charge on any atom is 0.227 e. The molecule has 0 unspecified atom stereocenters. The van der Waals surface area contributed by atoms with Crippen molar-refractivity contribution in [2.45, 2.75) is 13.8 Å². The monoisotopic (exact) mass is 379 g/mol. The van der Waals surface area contributed by atoms with E-state index < -0.39 is 0 Å². The number of carbonyl (C=O) groups excluding carboxylic acids is 1. The molecule has 1 aromatic carbocycles. The molecule has 25 heavy (non-hydrogen) atoms. The molecule has 1 aliphatic heterocycles. The summed E-state index contributed by atoms with van der Waals surface area (Å²) in [6.45, 7) is 6.26. The van der Waals surface area contributed by atoms with E-state index in [2.05, 4.69) is 20.2 Å². The molecular weight excluding hydrogens is 361 g/mol. The minimum absolute atomic E-state index is 0.0977. The Kier molecular flexibility index (Phi) is 5.30. The van der Waals surface area contributed by atoms with Gasteiger partial charge in [-0.05, 0) is 19.1 Å². The average molecular weight is 380 g/mol. The first-order valence-corrected chi connectivity index (χ1v) is 8.77. The number of hydrogen-bond donors (Lipinski definition) is 1. The highest BCUT2D eigenvalue weighted by Gasteiger charge is 2.21. The van der Waals surface area contributed by atoms with Crippen LogP contribution in [0, 0.1) is 6.92 Å². The molecule has 0 aliphatic carbocycles. The Morgan fingerprint density at radius 3 is 2.36 bits per heavy atom. The second kappa shape index (κ2) is 7.45. The highest BCUT2D eigenvalue weighted by Crippen LogP contribution is 2.32. The first kappa shape index (κ1) is 17.8. The highest BCUT2D eigenvalue weighted by molar-refractivity contribution is 6.39. The number of benzene rings is 1. The second-order valence-corrected chi connectivity index (χ2v) is 6.72. The van der Waals surface area contributed by atoms with Crippen molar-refractivity contribution in [3.63, 3.8) is 0 Å². The first-order valence-electron chi connectivity index (χ1n) is 8.01. The third-order valence-electron chi connectivity index (χ3n) is 4.07. The molecule has 8 heteroatoms. The van der Waals surface area contributed by atoms with Gasteiger partial charge in [-0.2, -0.15) is 4.98 Å². The largest absolute Gasteiger partial charge is 0.339 e. The second-order valence-electron chi connectivity index (χ2n) is 5.91. The van der Waals surface area contributed by atoms with E-state index in [1.54, 1.807) is 25.1 Å². The Labute approximate surface area is 156 Å². The van der Waals surface area contributed by atoms with E-state index >= 15 is 0 Å². The van der Waals surface area contributed by atoms with Crippen LogP contribution in [0.4, 0.5) is 17.5 Å². The van der Waals surface area contributed by atoms with Gasteiger partial charge in [-0.15, -0.1) is 0 Å². The number of piperazine rings is 1. The molecule has 1 saturated heterocycles. The molecule has 2 heterocycles. The van der Waals surface area contributed by atoms with E-state index in [9.17, 15) is 4.79 Å². The summed E-state index contributed by atoms with van der Waals surface area (Å²) in [6.07, 6.45) is 0. The summed E-state index contributed by atoms with van der Waals surface area (Å²) in [6, 6.07) is 7.17. The Morgan fingerprint density at radius 2 is 1.76 bits per heavy atom. The van der Waals surface area contributed by atoms with Gasteiger partial charge < -0.3 is 15.1 Å². The van der Waals surface area contributed by atoms with E-state index in [4.69, 9.17) is 23.2 Å². The fraction of sp³-hybridized carbons (Fsp3) is 0.353. The summed E-state index contributed by atoms with van der Waals surface area (Å²) in [5.41, 5.74) is 1.46. The summed E-state index contributed by atoms with van der Waals surface area (Å²) in [4.78, 5) is 24.5. The van der Waals surface area contributed by atoms with Crippen LogP contribution in [0.3, 0.4) is 0 Å². The Bertz CT molecular complexity index is 770. The molecule has 1 aromatic heterocycles. The van der Waals surface area contributed by atoms with E-state index in [-0.39, 0.29) is 5.91 Å². The van der Waals surface area contributed by atoms with Gasteiger partial charge in [0.05, 0.1) is 15.7 Å². The molecule has 1 N–H and O–H groups in total. The summed E-state index contributed by atoms with van der Waals surface area (Å²) in [5.74, 6) is 1.36. The molecule has 0 radical (unpaired) electrons. The van der Waals surface area contributed by atoms with Gasteiger partial charge in [-0.25, -0.2) is 4.98 Å². The summed E-state index contributed by atoms with van der Waals surface area (Å²) in [5, 5.41) is 4.24. The number of halogens is 2. The predicted octanol–water partition coefficient (Wildman–Crippen LogP) is 3.50. The zero-order valence-corrected chi connectivity index (χ0v) is 15.6. The Morgan fingerprint density at radius 1 is 1.12 bits per heavy atom. The van der Waals surface area contributed by atoms with Crippen molar-refractivity contribution >= 4 is 46.6 Å². The predicted molar refractivity (Wildman–Crippen MR) is 101 cm³/mol. The highest BCUT2D eigenvalue weighted by atomic mass is 35.5. The average Bonchev–Trinajstić information content (AvgIpc) is 2.58. The lowest BCUT2D eigenvalue weighted by Crippen LogP contribution is -2.48. The number of carbonyl (C=O) groups is 1. The summed E-state index contributed by atoms with van der Waals surface area (Å²) >= 11 is 12.4. The molecule has 2 aromatic rings. The fourth-order valence-corrected chi connectivity index (χ4v) is 3.22. The number of amides is 1. The maximum atomic E-state index is 11.5. The van der Waals surface area contributed by atoms with Crippen molar-refractivity contribution in [2.75, 3.05) is 36.4 Å². The molecule has 132 valence electrons. The van der Waals surface area contributed by atoms with E-state index in [1.165, 1.54) is 0 Å². The van der Waals surface area contributed by atoms with E-state index in [1.807, 2.05) is 17.9 Å². The molecule has 6 nitrogen and oxygen atoms in total. The number of aryl methyl sites for hydroxylation is 1. The first-order chi connectivity index (χ1) is 11.9. The lowest BCUT2D eigenvalue weighted by Gasteiger charge is -2.34. The molecule has 1 amide bonds. The zero-order chi connectivity index (χ0) is 18.0. The van der Waals surface area contributed by atoms with Crippen molar-refractivity contribution in [2.24, 2.45) is 0 Å². The normalized spacial score (nSPS) is 14.6. The lowest BCUT2D eigenvalue weighted by atomic mass is 10.3. The van der Waals surface area contributed by atoms with Crippen LogP contribution in [0.2, 0.25) is 10.0 Å². The van der Waals surface area contributed by atoms with Gasteiger partial charge in [-0.3, -0.25) is 4.79 Å². The van der Waals surface area contributed by atoms with Gasteiger partial charge in [0, 0.05) is 44.9 Å². The van der Waals surface area contributed by atoms with Crippen molar-refractivity contribution in [3.8, 4) is 0 Å². The molecular formula is C17H19Cl2N5O. The van der Waals surface area contributed by atoms with Crippen LogP contribution in [0.1, 0.15) is 12.6 Å². The van der Waals surface area contributed by atoms with Gasteiger partial charge in [0.2, 0.25) is 11.9 Å². The summed E-state index contributed by atoms with van der Waals surface area (Å²) in [7, 11) is 0. The van der Waals surface area contributed by atoms with Crippen LogP contribution in [0.25, 0.3) is 0 Å². The van der Waals surface area contributed by atoms with Crippen molar-refractivity contribution in [3.05, 3.63) is 40.0 Å². The molecule has 0 spiro atoms. The van der Waals surface area contributed by atoms with Gasteiger partial charge in [0.1, 0.15) is 5.82 Å². The van der Waals surface area contributed by atoms with Crippen LogP contribution in [-0.4, -0.2) is 47.0 Å². The van der Waals surface area contributed by atoms with Gasteiger partial charge in [0.15, 0.2) is 0 Å². The molecule has 3 rings (SSSR count). The van der Waals surface area contributed by atoms with Crippen LogP contribution in [-0.2, 0) is 4.79 Å². The van der Waals surface area contributed by atoms with Gasteiger partial charge >= 0.3 is 0 Å². The Balaban J connectivity index is 1.81. The number of para-hydroxylation sites is 1. The van der Waals surface area contributed by atoms with Crippen LogP contribution >= 0.6 is 23.2 Å². The quantitative estimate of drug-likeness (QED) is 0.883. The van der Waals surface area contributed by atoms with Gasteiger partial charge in [0.25, 0.3) is 0 Å². The topological polar surface area (TPSA) is 61.4 Å². The molecule has 1 aliphatic rings. The van der Waals surface area contributed by atoms with Crippen LogP contribution in [0.5, 0.6) is 0 Å². The van der Waals surface area contributed by atoms with E-state index in [0.29, 0.717) is 53.7 Å². The number of nitrogens with one attached hydrogen (secondary N) is 1. The minimum Gasteiger partial charge on any atom is -0.339 e. The van der Waals surface area contributed by atoms with Crippen LogP contribution in [0.15, 0.2) is 24.3 Å². The SMILES string of the molecule is CC(=O)N1CCN(c2nc(C)cc(Nc3c(Cl)cccc3Cl)n2)CC1. The molecule has 0 saturated carbocycles. The lowest BCUT2D eigenvalue weighted by molar-refractivity contribution is -0.129. The summed E-state index contributed by atoms with van der Waals surface area (Å²) < 4.78 is 0. The fourth-order valence-electron chi connectivity index (χ4n) is 2.72. The maximum absolute atomic E-state index is 11.5. The number of hydrogen-bond acceptors (Lipinski definition) is 5. The third-order valence-corrected chi connectivity index (χ3v) is 4.70. The molecule has 0 atom stereocenters. The Hall–Kier alpha value is -2.05. The third kappa shape index (κ3) is 4.14. The van der Waals surface area contributed by atoms with Gasteiger partial charge in [-0.1, -0.05) is 29.3 Å². The van der Waals surface area contributed by atoms with E-state index in [0.717, 1.165) is 5.69 Å². The minimum atomic E-state index is 0.0977. The zero-order valence-electron chi connectivity index (χ0n) is 14.1. The standard InChI is InChI=1S/C17H19Cl2N5O/c1-11-10-15(21-16-13(18)4-3-5-14(16)19)22-17(20-11)24-8-6-23(7-9-24)12(2)25/h3-5,10H,6-9H2,1-2H3,(H,20,21,22). The number of nitrogens with zero attached hydrogens (tertiary/aromatic N) is 4. The van der Waals surface area contributed by atoms with Crippen molar-refractivity contribution in [1.29, 1.82) is 0 Å². The smallest absolute Gasteiger partial charge is 0.227 e. The number of rotatable bonds is 3. The van der Waals surface area contributed by atoms with Crippen LogP contribution < -0.4 is 10.2 Å². The number of anilines is 3. The number of aromatic nitrogens is 2. The molecule has 0 bridgehead atoms. The van der Waals surface area contributed by atoms with Crippen molar-refractivity contribution < 1.29 is 4.79 Å². The molecule has 1 fully saturated rings.